The molecule has 0 spiro atoms. The van der Waals surface area contributed by atoms with Crippen LogP contribution in [-0.2, 0) is 0 Å². The summed E-state index contributed by atoms with van der Waals surface area (Å²) < 4.78 is 5.03. The highest BCUT2D eigenvalue weighted by Crippen LogP contribution is 2.32. The Labute approximate surface area is 90.3 Å². The average molecular weight is 210 g/mol. The molecule has 0 aliphatic heterocycles. The van der Waals surface area contributed by atoms with Crippen molar-refractivity contribution >= 4 is 0 Å². The predicted molar refractivity (Wildman–Crippen MR) is 59.3 cm³/mol. The molecule has 0 aliphatic rings. The zero-order valence-corrected chi connectivity index (χ0v) is 9.40. The molecule has 15 heavy (non-hydrogen) atoms. The maximum atomic E-state index is 9.44. The van der Waals surface area contributed by atoms with Crippen molar-refractivity contribution in [3.8, 4) is 11.5 Å². The van der Waals surface area contributed by atoms with Gasteiger partial charge in [0.25, 0.3) is 0 Å². The van der Waals surface area contributed by atoms with Gasteiger partial charge in [0, 0.05) is 5.92 Å². The molecule has 0 aromatic heterocycles. The van der Waals surface area contributed by atoms with E-state index in [1.165, 1.54) is 7.11 Å². The second-order valence-electron chi connectivity index (χ2n) is 3.96. The third kappa shape index (κ3) is 2.63. The molecule has 0 fully saturated rings. The molecular formula is C12H18O3. The number of hydrogen-bond acceptors (Lipinski definition) is 3. The lowest BCUT2D eigenvalue weighted by Gasteiger charge is -2.19. The van der Waals surface area contributed by atoms with Gasteiger partial charge in [-0.3, -0.25) is 0 Å². The molecule has 0 saturated heterocycles. The molecule has 1 unspecified atom stereocenters. The molecule has 3 nitrogen and oxygen atoms in total. The zero-order valence-electron chi connectivity index (χ0n) is 9.40. The fourth-order valence-corrected chi connectivity index (χ4v) is 1.63. The Morgan fingerprint density at radius 2 is 2.00 bits per heavy atom. The topological polar surface area (TPSA) is 49.7 Å². The van der Waals surface area contributed by atoms with Gasteiger partial charge in [-0.2, -0.15) is 0 Å². The Balaban J connectivity index is 3.03. The summed E-state index contributed by atoms with van der Waals surface area (Å²) in [4.78, 5) is 0. The summed E-state index contributed by atoms with van der Waals surface area (Å²) in [6.07, 6.45) is 0. The Morgan fingerprint density at radius 3 is 2.47 bits per heavy atom. The van der Waals surface area contributed by atoms with Crippen LogP contribution in [0.15, 0.2) is 18.2 Å². The van der Waals surface area contributed by atoms with Gasteiger partial charge >= 0.3 is 0 Å². The van der Waals surface area contributed by atoms with Gasteiger partial charge in [-0.1, -0.05) is 19.9 Å². The number of phenols is 1. The van der Waals surface area contributed by atoms with E-state index in [-0.39, 0.29) is 18.3 Å². The summed E-state index contributed by atoms with van der Waals surface area (Å²) in [6, 6.07) is 5.19. The Kier molecular flexibility index (Phi) is 3.97. The molecular weight excluding hydrogens is 192 g/mol. The number of rotatable bonds is 4. The second kappa shape index (κ2) is 5.03. The minimum atomic E-state index is 0.0829. The van der Waals surface area contributed by atoms with Crippen molar-refractivity contribution in [1.29, 1.82) is 0 Å². The van der Waals surface area contributed by atoms with Gasteiger partial charge in [0.1, 0.15) is 0 Å². The molecule has 1 aromatic carbocycles. The summed E-state index contributed by atoms with van der Waals surface area (Å²) in [7, 11) is 1.52. The van der Waals surface area contributed by atoms with Crippen LogP contribution in [-0.4, -0.2) is 23.9 Å². The van der Waals surface area contributed by atoms with Crippen LogP contribution in [0.3, 0.4) is 0 Å². The maximum Gasteiger partial charge on any atom is 0.160 e. The van der Waals surface area contributed by atoms with Crippen molar-refractivity contribution in [3.05, 3.63) is 23.8 Å². The molecule has 0 heterocycles. The molecule has 0 saturated carbocycles. The van der Waals surface area contributed by atoms with Crippen molar-refractivity contribution in [3.63, 3.8) is 0 Å². The van der Waals surface area contributed by atoms with Crippen LogP contribution in [0.1, 0.15) is 25.3 Å². The van der Waals surface area contributed by atoms with Crippen LogP contribution in [0.5, 0.6) is 11.5 Å². The van der Waals surface area contributed by atoms with E-state index in [0.717, 1.165) is 5.56 Å². The smallest absolute Gasteiger partial charge is 0.160 e. The highest BCUT2D eigenvalue weighted by atomic mass is 16.5. The van der Waals surface area contributed by atoms with Crippen LogP contribution < -0.4 is 4.74 Å². The first-order valence-corrected chi connectivity index (χ1v) is 5.08. The van der Waals surface area contributed by atoms with E-state index in [9.17, 15) is 10.2 Å². The van der Waals surface area contributed by atoms with E-state index in [2.05, 4.69) is 13.8 Å². The Hall–Kier alpha value is -1.22. The van der Waals surface area contributed by atoms with E-state index in [1.807, 2.05) is 6.07 Å². The van der Waals surface area contributed by atoms with Gasteiger partial charge in [-0.25, -0.2) is 0 Å². The van der Waals surface area contributed by atoms with Crippen LogP contribution >= 0.6 is 0 Å². The molecule has 0 bridgehead atoms. The van der Waals surface area contributed by atoms with E-state index in [1.54, 1.807) is 12.1 Å². The molecule has 3 heteroatoms. The highest BCUT2D eigenvalue weighted by molar-refractivity contribution is 5.42. The number of phenolic OH excluding ortho intramolecular Hbond substituents is 1. The molecule has 84 valence electrons. The van der Waals surface area contributed by atoms with Crippen molar-refractivity contribution in [2.45, 2.75) is 19.8 Å². The summed E-state index contributed by atoms with van der Waals surface area (Å²) in [6.45, 7) is 4.21. The lowest BCUT2D eigenvalue weighted by molar-refractivity contribution is 0.237. The maximum absolute atomic E-state index is 9.44. The first-order chi connectivity index (χ1) is 7.10. The average Bonchev–Trinajstić information content (AvgIpc) is 2.21. The number of benzene rings is 1. The molecule has 0 radical (unpaired) electrons. The first kappa shape index (κ1) is 11.9. The predicted octanol–water partition coefficient (Wildman–Crippen LogP) is 2.13. The van der Waals surface area contributed by atoms with Crippen molar-refractivity contribution in [2.24, 2.45) is 5.92 Å². The number of aliphatic hydroxyl groups is 1. The molecule has 1 aromatic rings. The van der Waals surface area contributed by atoms with Crippen molar-refractivity contribution in [2.75, 3.05) is 13.7 Å². The third-order valence-corrected chi connectivity index (χ3v) is 2.63. The number of ether oxygens (including phenoxy) is 1. The van der Waals surface area contributed by atoms with E-state index < -0.39 is 0 Å². The Bertz CT molecular complexity index is 321. The molecule has 0 aliphatic carbocycles. The third-order valence-electron chi connectivity index (χ3n) is 2.63. The first-order valence-electron chi connectivity index (χ1n) is 5.08. The lowest BCUT2D eigenvalue weighted by atomic mass is 9.89. The fraction of sp³-hybridized carbons (Fsp3) is 0.500. The molecule has 1 atom stereocenters. The lowest BCUT2D eigenvalue weighted by Crippen LogP contribution is -2.11. The highest BCUT2D eigenvalue weighted by Gasteiger charge is 2.16. The van der Waals surface area contributed by atoms with Gasteiger partial charge < -0.3 is 14.9 Å². The number of methoxy groups -OCH3 is 1. The molecule has 2 N–H and O–H groups in total. The minimum Gasteiger partial charge on any atom is -0.504 e. The largest absolute Gasteiger partial charge is 0.504 e. The quantitative estimate of drug-likeness (QED) is 0.800. The van der Waals surface area contributed by atoms with Gasteiger partial charge in [-0.15, -0.1) is 0 Å². The van der Waals surface area contributed by atoms with E-state index in [0.29, 0.717) is 11.7 Å². The number of aromatic hydroxyl groups is 1. The fourth-order valence-electron chi connectivity index (χ4n) is 1.63. The van der Waals surface area contributed by atoms with Gasteiger partial charge in [-0.05, 0) is 23.6 Å². The molecule has 1 rings (SSSR count). The summed E-state index contributed by atoms with van der Waals surface area (Å²) in [5.41, 5.74) is 0.988. The molecule has 0 amide bonds. The van der Waals surface area contributed by atoms with Gasteiger partial charge in [0.2, 0.25) is 0 Å². The van der Waals surface area contributed by atoms with Crippen LogP contribution in [0.4, 0.5) is 0 Å². The SMILES string of the molecule is COc1cc(C(CO)C(C)C)ccc1O. The van der Waals surface area contributed by atoms with Crippen LogP contribution in [0.25, 0.3) is 0 Å². The van der Waals surface area contributed by atoms with Crippen molar-refractivity contribution < 1.29 is 14.9 Å². The monoisotopic (exact) mass is 210 g/mol. The van der Waals surface area contributed by atoms with Crippen LogP contribution in [0.2, 0.25) is 0 Å². The summed E-state index contributed by atoms with van der Waals surface area (Å²) in [5, 5.41) is 18.7. The normalized spacial score (nSPS) is 12.9. The van der Waals surface area contributed by atoms with Gasteiger partial charge in [0.15, 0.2) is 11.5 Å². The second-order valence-corrected chi connectivity index (χ2v) is 3.96. The standard InChI is InChI=1S/C12H18O3/c1-8(2)10(7-13)9-4-5-11(14)12(6-9)15-3/h4-6,8,10,13-14H,7H2,1-3H3. The van der Waals surface area contributed by atoms with E-state index in [4.69, 9.17) is 4.74 Å². The number of hydrogen-bond donors (Lipinski definition) is 2. The summed E-state index contributed by atoms with van der Waals surface area (Å²) in [5.74, 6) is 1.01. The van der Waals surface area contributed by atoms with Gasteiger partial charge in [0.05, 0.1) is 13.7 Å². The summed E-state index contributed by atoms with van der Waals surface area (Å²) >= 11 is 0. The Morgan fingerprint density at radius 1 is 1.33 bits per heavy atom. The number of aliphatic hydroxyl groups excluding tert-OH is 1. The minimum absolute atomic E-state index is 0.0829. The van der Waals surface area contributed by atoms with Crippen LogP contribution in [0, 0.1) is 5.92 Å². The van der Waals surface area contributed by atoms with Crippen molar-refractivity contribution in [1.82, 2.24) is 0 Å². The van der Waals surface area contributed by atoms with E-state index >= 15 is 0 Å². The zero-order chi connectivity index (χ0) is 11.4.